The lowest BCUT2D eigenvalue weighted by molar-refractivity contribution is 0.0473. The van der Waals surface area contributed by atoms with Crippen LogP contribution in [0, 0.1) is 11.6 Å². The van der Waals surface area contributed by atoms with Crippen LogP contribution in [0.1, 0.15) is 20.7 Å². The molecule has 1 aliphatic rings. The zero-order valence-electron chi connectivity index (χ0n) is 15.4. The van der Waals surface area contributed by atoms with Crippen molar-refractivity contribution in [2.75, 3.05) is 32.9 Å². The van der Waals surface area contributed by atoms with Gasteiger partial charge in [-0.15, -0.1) is 0 Å². The molecule has 1 saturated heterocycles. The van der Waals surface area contributed by atoms with E-state index < -0.39 is 45.6 Å². The van der Waals surface area contributed by atoms with E-state index in [1.54, 1.807) is 0 Å². The van der Waals surface area contributed by atoms with Crippen molar-refractivity contribution in [3.63, 3.8) is 0 Å². The average molecular weight is 460 g/mol. The highest BCUT2D eigenvalue weighted by Gasteiger charge is 2.29. The lowest BCUT2D eigenvalue weighted by atomic mass is 10.1. The van der Waals surface area contributed by atoms with E-state index in [9.17, 15) is 26.8 Å². The van der Waals surface area contributed by atoms with Gasteiger partial charge < -0.3 is 9.47 Å². The number of esters is 1. The van der Waals surface area contributed by atoms with Crippen molar-refractivity contribution in [3.05, 3.63) is 64.2 Å². The third-order valence-electron chi connectivity index (χ3n) is 4.32. The first-order chi connectivity index (χ1) is 14.2. The Bertz CT molecular complexity index is 1090. The Morgan fingerprint density at radius 1 is 1.10 bits per heavy atom. The molecule has 0 aromatic heterocycles. The van der Waals surface area contributed by atoms with Gasteiger partial charge in [0.15, 0.2) is 6.61 Å². The van der Waals surface area contributed by atoms with E-state index >= 15 is 0 Å². The van der Waals surface area contributed by atoms with Crippen LogP contribution in [0.4, 0.5) is 8.78 Å². The van der Waals surface area contributed by atoms with Crippen LogP contribution in [0.5, 0.6) is 0 Å². The molecule has 0 radical (unpaired) electrons. The summed E-state index contributed by atoms with van der Waals surface area (Å²) >= 11 is 6.02. The zero-order valence-corrected chi connectivity index (χ0v) is 17.0. The topological polar surface area (TPSA) is 90.0 Å². The number of ether oxygens (including phenoxy) is 2. The lowest BCUT2D eigenvalue weighted by Crippen LogP contribution is -2.40. The fourth-order valence-corrected chi connectivity index (χ4v) is 4.67. The predicted molar refractivity (Wildman–Crippen MR) is 102 cm³/mol. The summed E-state index contributed by atoms with van der Waals surface area (Å²) in [6, 6.07) is 5.83. The predicted octanol–water partition coefficient (Wildman–Crippen LogP) is 2.68. The van der Waals surface area contributed by atoms with Gasteiger partial charge in [0.1, 0.15) is 16.5 Å². The number of morpholine rings is 1. The minimum Gasteiger partial charge on any atom is -0.454 e. The molecule has 0 spiro atoms. The number of halogens is 3. The molecule has 0 aliphatic carbocycles. The molecule has 160 valence electrons. The molecular weight excluding hydrogens is 444 g/mol. The summed E-state index contributed by atoms with van der Waals surface area (Å²) in [4.78, 5) is 24.0. The Kier molecular flexibility index (Phi) is 6.81. The number of hydrogen-bond donors (Lipinski definition) is 0. The van der Waals surface area contributed by atoms with Crippen LogP contribution < -0.4 is 0 Å². The smallest absolute Gasteiger partial charge is 0.338 e. The standard InChI is InChI=1S/C19H16ClF2NO6S/c20-15-3-1-12(9-18(15)30(26,27)23-5-7-28-8-6-23)19(25)29-11-17(24)14-10-13(21)2-4-16(14)22/h1-4,9-10H,5-8,11H2. The van der Waals surface area contributed by atoms with Crippen molar-refractivity contribution in [1.82, 2.24) is 4.31 Å². The Morgan fingerprint density at radius 2 is 1.80 bits per heavy atom. The maximum absolute atomic E-state index is 13.6. The number of rotatable bonds is 6. The minimum absolute atomic E-state index is 0.0871. The van der Waals surface area contributed by atoms with Gasteiger partial charge in [0.25, 0.3) is 0 Å². The number of carbonyl (C=O) groups excluding carboxylic acids is 2. The van der Waals surface area contributed by atoms with E-state index in [0.29, 0.717) is 6.07 Å². The first-order valence-corrected chi connectivity index (χ1v) is 10.5. The second kappa shape index (κ2) is 9.17. The van der Waals surface area contributed by atoms with Crippen LogP contribution in [0.25, 0.3) is 0 Å². The highest BCUT2D eigenvalue weighted by atomic mass is 35.5. The molecule has 0 atom stereocenters. The van der Waals surface area contributed by atoms with Crippen LogP contribution in [0.3, 0.4) is 0 Å². The summed E-state index contributed by atoms with van der Waals surface area (Å²) in [5, 5.41) is -0.0871. The third-order valence-corrected chi connectivity index (χ3v) is 6.70. The summed E-state index contributed by atoms with van der Waals surface area (Å²) in [7, 11) is -3.98. The van der Waals surface area contributed by atoms with Gasteiger partial charge >= 0.3 is 5.97 Å². The second-order valence-corrected chi connectivity index (χ2v) is 8.60. The number of hydrogen-bond acceptors (Lipinski definition) is 6. The normalized spacial score (nSPS) is 15.0. The number of carbonyl (C=O) groups is 2. The Morgan fingerprint density at radius 3 is 2.50 bits per heavy atom. The van der Waals surface area contributed by atoms with Gasteiger partial charge in [-0.3, -0.25) is 4.79 Å². The molecule has 1 fully saturated rings. The van der Waals surface area contributed by atoms with Crippen molar-refractivity contribution >= 4 is 33.4 Å². The van der Waals surface area contributed by atoms with Gasteiger partial charge in [-0.2, -0.15) is 4.31 Å². The van der Waals surface area contributed by atoms with Gasteiger partial charge in [-0.25, -0.2) is 22.0 Å². The molecule has 2 aromatic carbocycles. The molecular formula is C19H16ClF2NO6S. The quantitative estimate of drug-likeness (QED) is 0.487. The molecule has 0 bridgehead atoms. The average Bonchev–Trinajstić information content (AvgIpc) is 2.74. The number of sulfonamides is 1. The van der Waals surface area contributed by atoms with Gasteiger partial charge in [0, 0.05) is 13.1 Å². The molecule has 7 nitrogen and oxygen atoms in total. The van der Waals surface area contributed by atoms with E-state index in [1.807, 2.05) is 0 Å². The molecule has 0 saturated carbocycles. The molecule has 0 unspecified atom stereocenters. The van der Waals surface area contributed by atoms with Crippen molar-refractivity contribution in [3.8, 4) is 0 Å². The first-order valence-electron chi connectivity index (χ1n) is 8.73. The highest BCUT2D eigenvalue weighted by molar-refractivity contribution is 7.89. The maximum Gasteiger partial charge on any atom is 0.338 e. The van der Waals surface area contributed by atoms with E-state index in [2.05, 4.69) is 0 Å². The van der Waals surface area contributed by atoms with E-state index in [4.69, 9.17) is 21.1 Å². The molecule has 0 N–H and O–H groups in total. The molecule has 1 heterocycles. The molecule has 2 aromatic rings. The third kappa shape index (κ3) is 4.84. The number of Topliss-reactive ketones (excluding diaryl/α,β-unsaturated/α-hetero) is 1. The van der Waals surface area contributed by atoms with Gasteiger partial charge in [-0.1, -0.05) is 11.6 Å². The molecule has 11 heteroatoms. The van der Waals surface area contributed by atoms with Gasteiger partial charge in [0.2, 0.25) is 15.8 Å². The van der Waals surface area contributed by atoms with Crippen LogP contribution in [0.2, 0.25) is 5.02 Å². The monoisotopic (exact) mass is 459 g/mol. The van der Waals surface area contributed by atoms with Crippen LogP contribution in [0.15, 0.2) is 41.3 Å². The fourth-order valence-electron chi connectivity index (χ4n) is 2.76. The molecule has 3 rings (SSSR count). The summed E-state index contributed by atoms with van der Waals surface area (Å²) in [5.74, 6) is -3.74. The summed E-state index contributed by atoms with van der Waals surface area (Å²) < 4.78 is 63.6. The highest BCUT2D eigenvalue weighted by Crippen LogP contribution is 2.27. The van der Waals surface area contributed by atoms with Crippen molar-refractivity contribution < 1.29 is 36.3 Å². The SMILES string of the molecule is O=C(OCC(=O)c1cc(F)ccc1F)c1ccc(Cl)c(S(=O)(=O)N2CCOCC2)c1. The largest absolute Gasteiger partial charge is 0.454 e. The van der Waals surface area contributed by atoms with E-state index in [1.165, 1.54) is 16.4 Å². The number of ketones is 1. The summed E-state index contributed by atoms with van der Waals surface area (Å²) in [5.41, 5.74) is -0.728. The second-order valence-electron chi connectivity index (χ2n) is 6.29. The number of benzene rings is 2. The fraction of sp³-hybridized carbons (Fsp3) is 0.263. The van der Waals surface area contributed by atoms with Crippen LogP contribution in [-0.2, 0) is 19.5 Å². The molecule has 1 aliphatic heterocycles. The van der Waals surface area contributed by atoms with Gasteiger partial charge in [-0.05, 0) is 36.4 Å². The maximum atomic E-state index is 13.6. The van der Waals surface area contributed by atoms with E-state index in [0.717, 1.165) is 18.2 Å². The van der Waals surface area contributed by atoms with Crippen molar-refractivity contribution in [2.24, 2.45) is 0 Å². The van der Waals surface area contributed by atoms with Crippen LogP contribution >= 0.6 is 11.6 Å². The minimum atomic E-state index is -3.98. The molecule has 30 heavy (non-hydrogen) atoms. The molecule has 0 amide bonds. The summed E-state index contributed by atoms with van der Waals surface area (Å²) in [6.07, 6.45) is 0. The van der Waals surface area contributed by atoms with Gasteiger partial charge in [0.05, 0.1) is 29.4 Å². The first kappa shape index (κ1) is 22.3. The number of nitrogens with zero attached hydrogens (tertiary/aromatic N) is 1. The lowest BCUT2D eigenvalue weighted by Gasteiger charge is -2.26. The van der Waals surface area contributed by atoms with Crippen LogP contribution in [-0.4, -0.2) is 57.4 Å². The Hall–Kier alpha value is -2.40. The Labute approximate surface area is 176 Å². The van der Waals surface area contributed by atoms with E-state index in [-0.39, 0.29) is 41.8 Å². The van der Waals surface area contributed by atoms with Crippen molar-refractivity contribution in [1.29, 1.82) is 0 Å². The van der Waals surface area contributed by atoms with Crippen molar-refractivity contribution in [2.45, 2.75) is 4.90 Å². The zero-order chi connectivity index (χ0) is 21.9. The summed E-state index contributed by atoms with van der Waals surface area (Å²) in [6.45, 7) is -0.107. The Balaban J connectivity index is 1.76.